The molecule has 1 fully saturated rings. The fraction of sp³-hybridized carbons (Fsp3) is 1.00. The predicted octanol–water partition coefficient (Wildman–Crippen LogP) is -2.82. The molecule has 1 heterocycles. The van der Waals surface area contributed by atoms with Gasteiger partial charge in [0.2, 0.25) is 6.29 Å². The summed E-state index contributed by atoms with van der Waals surface area (Å²) in [4.78, 5) is 0. The third kappa shape index (κ3) is 1.58. The molecule has 71 valence electrons. The fourth-order valence-corrected chi connectivity index (χ4v) is 1.10. The zero-order valence-electron chi connectivity index (χ0n) is 6.33. The largest absolute Gasteiger partial charge is 0.394 e. The molecular formula is C6H12NO5. The first-order chi connectivity index (χ1) is 5.57. The van der Waals surface area contributed by atoms with E-state index in [1.54, 1.807) is 0 Å². The van der Waals surface area contributed by atoms with Crippen LogP contribution in [0.4, 0.5) is 0 Å². The lowest BCUT2D eigenvalue weighted by Crippen LogP contribution is -2.61. The van der Waals surface area contributed by atoms with Crippen LogP contribution in [0.25, 0.3) is 0 Å². The Hall–Kier alpha value is -0.240. The highest BCUT2D eigenvalue weighted by Crippen LogP contribution is 2.18. The average Bonchev–Trinajstić information content (AvgIpc) is 2.08. The highest BCUT2D eigenvalue weighted by atomic mass is 16.6. The Kier molecular flexibility index (Phi) is 2.99. The molecule has 6 heteroatoms. The Morgan fingerprint density at radius 3 is 2.42 bits per heavy atom. The molecule has 0 aromatic heterocycles. The number of aliphatic hydroxyl groups excluding tert-OH is 3. The second-order valence-electron chi connectivity index (χ2n) is 2.78. The van der Waals surface area contributed by atoms with Crippen molar-refractivity contribution in [2.45, 2.75) is 30.6 Å². The Balaban J connectivity index is 2.63. The molecule has 0 aromatic carbocycles. The van der Waals surface area contributed by atoms with E-state index in [9.17, 15) is 10.2 Å². The number of rotatable bonds is 1. The highest BCUT2D eigenvalue weighted by Gasteiger charge is 2.42. The van der Waals surface area contributed by atoms with Gasteiger partial charge in [0.1, 0.15) is 18.3 Å². The summed E-state index contributed by atoms with van der Waals surface area (Å²) in [6.45, 7) is -0.510. The molecular weight excluding hydrogens is 166 g/mol. The van der Waals surface area contributed by atoms with Gasteiger partial charge in [-0.1, -0.05) is 0 Å². The minimum atomic E-state index is -1.60. The summed E-state index contributed by atoms with van der Waals surface area (Å²) in [6, 6.07) is -1.15. The lowest BCUT2D eigenvalue weighted by molar-refractivity contribution is -0.267. The van der Waals surface area contributed by atoms with Gasteiger partial charge < -0.3 is 25.8 Å². The van der Waals surface area contributed by atoms with E-state index in [0.717, 1.165) is 0 Å². The van der Waals surface area contributed by atoms with Crippen LogP contribution in [0, 0.1) is 0 Å². The van der Waals surface area contributed by atoms with Gasteiger partial charge >= 0.3 is 0 Å². The van der Waals surface area contributed by atoms with Gasteiger partial charge in [0.05, 0.1) is 12.6 Å². The van der Waals surface area contributed by atoms with Gasteiger partial charge in [-0.3, -0.25) is 0 Å². The van der Waals surface area contributed by atoms with Crippen LogP contribution in [-0.2, 0) is 9.84 Å². The third-order valence-electron chi connectivity index (χ3n) is 1.93. The standard InChI is InChI=1S/C6H12NO5/c7-3-5(10)4(9)2(1-8)12-6(3)11/h2-6,8-10H,1,7H2/t2-,3-,4+,5-,6?/m1/s1. The molecule has 0 bridgehead atoms. The van der Waals surface area contributed by atoms with Crippen LogP contribution < -0.4 is 5.73 Å². The first-order valence-electron chi connectivity index (χ1n) is 3.61. The quantitative estimate of drug-likeness (QED) is 0.345. The van der Waals surface area contributed by atoms with E-state index in [0.29, 0.717) is 0 Å². The van der Waals surface area contributed by atoms with Crippen LogP contribution in [0.15, 0.2) is 0 Å². The molecule has 5 N–H and O–H groups in total. The Morgan fingerprint density at radius 1 is 1.33 bits per heavy atom. The van der Waals surface area contributed by atoms with Gasteiger partial charge in [-0.2, -0.15) is 5.11 Å². The molecule has 0 spiro atoms. The van der Waals surface area contributed by atoms with Gasteiger partial charge in [0.25, 0.3) is 0 Å². The van der Waals surface area contributed by atoms with Crippen molar-refractivity contribution < 1.29 is 25.2 Å². The van der Waals surface area contributed by atoms with Crippen molar-refractivity contribution in [1.29, 1.82) is 0 Å². The van der Waals surface area contributed by atoms with E-state index >= 15 is 0 Å². The summed E-state index contributed by atoms with van der Waals surface area (Å²) in [5.74, 6) is 0. The second-order valence-corrected chi connectivity index (χ2v) is 2.78. The van der Waals surface area contributed by atoms with Crippen molar-refractivity contribution in [2.75, 3.05) is 6.61 Å². The number of ether oxygens (including phenoxy) is 1. The topological polar surface area (TPSA) is 116 Å². The monoisotopic (exact) mass is 178 g/mol. The lowest BCUT2D eigenvalue weighted by atomic mass is 9.98. The first kappa shape index (κ1) is 9.85. The Morgan fingerprint density at radius 2 is 1.92 bits per heavy atom. The van der Waals surface area contributed by atoms with E-state index in [4.69, 9.17) is 15.9 Å². The van der Waals surface area contributed by atoms with Gasteiger partial charge in [-0.05, 0) is 0 Å². The van der Waals surface area contributed by atoms with Gasteiger partial charge in [-0.25, -0.2) is 0 Å². The molecule has 6 nitrogen and oxygen atoms in total. The van der Waals surface area contributed by atoms with Crippen LogP contribution in [0.1, 0.15) is 0 Å². The minimum absolute atomic E-state index is 0.510. The van der Waals surface area contributed by atoms with Gasteiger partial charge in [-0.15, -0.1) is 0 Å². The van der Waals surface area contributed by atoms with Crippen molar-refractivity contribution in [3.8, 4) is 0 Å². The molecule has 1 saturated heterocycles. The molecule has 0 aromatic rings. The van der Waals surface area contributed by atoms with E-state index in [-0.39, 0.29) is 0 Å². The van der Waals surface area contributed by atoms with Gasteiger partial charge in [0.15, 0.2) is 0 Å². The van der Waals surface area contributed by atoms with Gasteiger partial charge in [0, 0.05) is 0 Å². The van der Waals surface area contributed by atoms with Crippen molar-refractivity contribution >= 4 is 0 Å². The van der Waals surface area contributed by atoms with Crippen molar-refractivity contribution in [3.05, 3.63) is 0 Å². The molecule has 1 aliphatic rings. The summed E-state index contributed by atoms with van der Waals surface area (Å²) in [5.41, 5.74) is 5.20. The zero-order chi connectivity index (χ0) is 9.30. The van der Waals surface area contributed by atoms with E-state index in [1.807, 2.05) is 0 Å². The molecule has 1 aliphatic heterocycles. The molecule has 0 aliphatic carbocycles. The molecule has 0 saturated carbocycles. The zero-order valence-corrected chi connectivity index (χ0v) is 6.33. The molecule has 12 heavy (non-hydrogen) atoms. The van der Waals surface area contributed by atoms with E-state index in [2.05, 4.69) is 4.74 Å². The summed E-state index contributed by atoms with van der Waals surface area (Å²) in [7, 11) is 0. The summed E-state index contributed by atoms with van der Waals surface area (Å²) in [5, 5.41) is 37.8. The van der Waals surface area contributed by atoms with Crippen LogP contribution in [0.2, 0.25) is 0 Å². The molecule has 1 radical (unpaired) electrons. The maximum atomic E-state index is 10.9. The summed E-state index contributed by atoms with van der Waals surface area (Å²) < 4.78 is 4.59. The van der Waals surface area contributed by atoms with Crippen molar-refractivity contribution in [3.63, 3.8) is 0 Å². The minimum Gasteiger partial charge on any atom is -0.394 e. The number of aliphatic hydroxyl groups is 3. The third-order valence-corrected chi connectivity index (χ3v) is 1.93. The van der Waals surface area contributed by atoms with Crippen LogP contribution in [-0.4, -0.2) is 52.6 Å². The molecule has 0 amide bonds. The van der Waals surface area contributed by atoms with E-state index < -0.39 is 37.3 Å². The summed E-state index contributed by atoms with van der Waals surface area (Å²) >= 11 is 0. The number of hydrogen-bond donors (Lipinski definition) is 4. The van der Waals surface area contributed by atoms with Crippen molar-refractivity contribution in [1.82, 2.24) is 0 Å². The number of hydrogen-bond acceptors (Lipinski definition) is 5. The molecule has 1 unspecified atom stereocenters. The smallest absolute Gasteiger partial charge is 0.209 e. The SMILES string of the molecule is N[C@H]1C([O])O[C@H](CO)[C@H](O)[C@@H]1O. The maximum absolute atomic E-state index is 10.9. The second kappa shape index (κ2) is 3.65. The van der Waals surface area contributed by atoms with E-state index in [1.165, 1.54) is 0 Å². The highest BCUT2D eigenvalue weighted by molar-refractivity contribution is 4.90. The van der Waals surface area contributed by atoms with Crippen LogP contribution in [0.5, 0.6) is 0 Å². The molecule has 1 rings (SSSR count). The predicted molar refractivity (Wildman–Crippen MR) is 36.4 cm³/mol. The average molecular weight is 178 g/mol. The number of nitrogens with two attached hydrogens (primary N) is 1. The van der Waals surface area contributed by atoms with Crippen molar-refractivity contribution in [2.24, 2.45) is 5.73 Å². The maximum Gasteiger partial charge on any atom is 0.209 e. The first-order valence-corrected chi connectivity index (χ1v) is 3.61. The molecule has 5 atom stereocenters. The lowest BCUT2D eigenvalue weighted by Gasteiger charge is -2.37. The normalized spacial score (nSPS) is 49.2. The van der Waals surface area contributed by atoms with Crippen LogP contribution >= 0.6 is 0 Å². The Bertz CT molecular complexity index is 150. The Labute approximate surface area is 69.2 Å². The van der Waals surface area contributed by atoms with Crippen LogP contribution in [0.3, 0.4) is 0 Å². The summed E-state index contributed by atoms with van der Waals surface area (Å²) in [6.07, 6.45) is -5.27. The fourth-order valence-electron chi connectivity index (χ4n) is 1.10.